The van der Waals surface area contributed by atoms with Gasteiger partial charge in [-0.05, 0) is 31.0 Å². The van der Waals surface area contributed by atoms with Crippen LogP contribution in [-0.2, 0) is 14.8 Å². The Morgan fingerprint density at radius 2 is 2.05 bits per heavy atom. The average Bonchev–Trinajstić information content (AvgIpc) is 3.20. The van der Waals surface area contributed by atoms with Gasteiger partial charge in [-0.25, -0.2) is 8.42 Å². The molecule has 116 valence electrons. The van der Waals surface area contributed by atoms with Gasteiger partial charge >= 0.3 is 0 Å². The maximum absolute atomic E-state index is 11.9. The Labute approximate surface area is 134 Å². The van der Waals surface area contributed by atoms with Crippen LogP contribution in [0, 0.1) is 5.92 Å². The summed E-state index contributed by atoms with van der Waals surface area (Å²) < 4.78 is 25.0. The van der Waals surface area contributed by atoms with Crippen LogP contribution >= 0.6 is 23.2 Å². The second-order valence-electron chi connectivity index (χ2n) is 5.00. The van der Waals surface area contributed by atoms with E-state index in [-0.39, 0.29) is 24.9 Å². The summed E-state index contributed by atoms with van der Waals surface area (Å²) in [4.78, 5) is 11.6. The first kappa shape index (κ1) is 16.4. The first-order valence-electron chi connectivity index (χ1n) is 6.49. The van der Waals surface area contributed by atoms with Crippen LogP contribution in [0.25, 0.3) is 0 Å². The molecule has 1 saturated carbocycles. The molecule has 1 aromatic carbocycles. The normalized spacial score (nSPS) is 14.8. The number of carbonyl (C=O) groups excluding carboxylic acids is 1. The SMILES string of the molecule is CS(=O)(=O)N(CCNC(=O)C1CC1)c1cc(Cl)ccc1Cl. The zero-order valence-corrected chi connectivity index (χ0v) is 13.8. The molecule has 21 heavy (non-hydrogen) atoms. The van der Waals surface area contributed by atoms with Crippen molar-refractivity contribution in [2.45, 2.75) is 12.8 Å². The van der Waals surface area contributed by atoms with Crippen molar-refractivity contribution in [3.05, 3.63) is 28.2 Å². The highest BCUT2D eigenvalue weighted by Gasteiger charge is 2.29. The summed E-state index contributed by atoms with van der Waals surface area (Å²) in [6.45, 7) is 0.336. The smallest absolute Gasteiger partial charge is 0.232 e. The summed E-state index contributed by atoms with van der Waals surface area (Å²) in [5.41, 5.74) is 0.312. The van der Waals surface area contributed by atoms with Gasteiger partial charge in [-0.1, -0.05) is 23.2 Å². The number of benzene rings is 1. The molecule has 0 aliphatic heterocycles. The fourth-order valence-electron chi connectivity index (χ4n) is 1.91. The number of hydrogen-bond acceptors (Lipinski definition) is 3. The van der Waals surface area contributed by atoms with Gasteiger partial charge in [0.15, 0.2) is 0 Å². The molecule has 1 aromatic rings. The van der Waals surface area contributed by atoms with Crippen LogP contribution in [-0.4, -0.2) is 33.7 Å². The summed E-state index contributed by atoms with van der Waals surface area (Å²) in [5, 5.41) is 3.41. The Balaban J connectivity index is 2.11. The fraction of sp³-hybridized carbons (Fsp3) is 0.462. The molecule has 8 heteroatoms. The molecule has 1 fully saturated rings. The maximum Gasteiger partial charge on any atom is 0.232 e. The monoisotopic (exact) mass is 350 g/mol. The van der Waals surface area contributed by atoms with E-state index in [1.807, 2.05) is 0 Å². The van der Waals surface area contributed by atoms with E-state index in [9.17, 15) is 13.2 Å². The molecule has 0 aromatic heterocycles. The Kier molecular flexibility index (Phi) is 5.01. The largest absolute Gasteiger partial charge is 0.354 e. The van der Waals surface area contributed by atoms with E-state index in [1.165, 1.54) is 6.07 Å². The van der Waals surface area contributed by atoms with Crippen LogP contribution in [0.15, 0.2) is 18.2 Å². The number of nitrogens with one attached hydrogen (secondary N) is 1. The van der Waals surface area contributed by atoms with Gasteiger partial charge in [-0.15, -0.1) is 0 Å². The highest BCUT2D eigenvalue weighted by molar-refractivity contribution is 7.92. The van der Waals surface area contributed by atoms with Gasteiger partial charge in [0.1, 0.15) is 0 Å². The molecular weight excluding hydrogens is 335 g/mol. The quantitative estimate of drug-likeness (QED) is 0.855. The molecule has 5 nitrogen and oxygen atoms in total. The number of amides is 1. The van der Waals surface area contributed by atoms with Crippen LogP contribution in [0.5, 0.6) is 0 Å². The lowest BCUT2D eigenvalue weighted by atomic mass is 10.3. The predicted octanol–water partition coefficient (Wildman–Crippen LogP) is 2.29. The van der Waals surface area contributed by atoms with E-state index in [0.29, 0.717) is 15.7 Å². The Bertz CT molecular complexity index is 645. The highest BCUT2D eigenvalue weighted by atomic mass is 35.5. The minimum Gasteiger partial charge on any atom is -0.354 e. The van der Waals surface area contributed by atoms with E-state index in [1.54, 1.807) is 12.1 Å². The van der Waals surface area contributed by atoms with E-state index in [0.717, 1.165) is 23.4 Å². The number of sulfonamides is 1. The second kappa shape index (κ2) is 6.42. The number of nitrogens with zero attached hydrogens (tertiary/aromatic N) is 1. The van der Waals surface area contributed by atoms with Gasteiger partial charge in [-0.3, -0.25) is 9.10 Å². The van der Waals surface area contributed by atoms with Crippen LogP contribution in [0.3, 0.4) is 0 Å². The number of hydrogen-bond donors (Lipinski definition) is 1. The molecule has 2 rings (SSSR count). The molecule has 0 unspecified atom stereocenters. The van der Waals surface area contributed by atoms with Crippen molar-refractivity contribution < 1.29 is 13.2 Å². The third kappa shape index (κ3) is 4.49. The van der Waals surface area contributed by atoms with E-state index in [2.05, 4.69) is 5.32 Å². The highest BCUT2D eigenvalue weighted by Crippen LogP contribution is 2.31. The minimum atomic E-state index is -3.52. The number of rotatable bonds is 6. The molecule has 0 spiro atoms. The summed E-state index contributed by atoms with van der Waals surface area (Å²) in [6.07, 6.45) is 2.90. The molecule has 0 atom stereocenters. The molecule has 1 aliphatic rings. The maximum atomic E-state index is 11.9. The van der Waals surface area contributed by atoms with Gasteiger partial charge < -0.3 is 5.32 Å². The average molecular weight is 351 g/mol. The van der Waals surface area contributed by atoms with E-state index in [4.69, 9.17) is 23.2 Å². The summed E-state index contributed by atoms with van der Waals surface area (Å²) in [6, 6.07) is 4.62. The van der Waals surface area contributed by atoms with Crippen molar-refractivity contribution in [1.82, 2.24) is 5.32 Å². The van der Waals surface area contributed by atoms with Crippen LogP contribution in [0.2, 0.25) is 10.0 Å². The molecular formula is C13H16Cl2N2O3S. The zero-order chi connectivity index (χ0) is 15.6. The first-order valence-corrected chi connectivity index (χ1v) is 9.10. The summed E-state index contributed by atoms with van der Waals surface area (Å²) in [5.74, 6) is 0.0621. The van der Waals surface area contributed by atoms with Gasteiger partial charge in [0.2, 0.25) is 15.9 Å². The summed E-state index contributed by atoms with van der Waals surface area (Å²) in [7, 11) is -3.52. The van der Waals surface area contributed by atoms with Gasteiger partial charge in [-0.2, -0.15) is 0 Å². The van der Waals surface area contributed by atoms with Crippen LogP contribution in [0.1, 0.15) is 12.8 Å². The van der Waals surface area contributed by atoms with Gasteiger partial charge in [0, 0.05) is 17.5 Å². The van der Waals surface area contributed by atoms with Crippen molar-refractivity contribution >= 4 is 44.8 Å². The van der Waals surface area contributed by atoms with Crippen molar-refractivity contribution in [2.75, 3.05) is 23.7 Å². The number of anilines is 1. The topological polar surface area (TPSA) is 66.5 Å². The number of carbonyl (C=O) groups is 1. The van der Waals surface area contributed by atoms with E-state index >= 15 is 0 Å². The molecule has 1 amide bonds. The Morgan fingerprint density at radius 1 is 1.38 bits per heavy atom. The molecule has 0 saturated heterocycles. The lowest BCUT2D eigenvalue weighted by Crippen LogP contribution is -2.38. The van der Waals surface area contributed by atoms with Crippen molar-refractivity contribution in [2.24, 2.45) is 5.92 Å². The third-order valence-electron chi connectivity index (χ3n) is 3.14. The molecule has 0 radical (unpaired) electrons. The second-order valence-corrected chi connectivity index (χ2v) is 7.75. The van der Waals surface area contributed by atoms with Gasteiger partial charge in [0.05, 0.1) is 23.5 Å². The lowest BCUT2D eigenvalue weighted by molar-refractivity contribution is -0.122. The predicted molar refractivity (Wildman–Crippen MR) is 84.4 cm³/mol. The van der Waals surface area contributed by atoms with Gasteiger partial charge in [0.25, 0.3) is 0 Å². The zero-order valence-electron chi connectivity index (χ0n) is 11.5. The standard InChI is InChI=1S/C13H16Cl2N2O3S/c1-21(19,20)17(7-6-16-13(18)9-2-3-9)12-8-10(14)4-5-11(12)15/h4-5,8-9H,2-3,6-7H2,1H3,(H,16,18). The molecule has 1 aliphatic carbocycles. The van der Waals surface area contributed by atoms with Crippen LogP contribution in [0.4, 0.5) is 5.69 Å². The lowest BCUT2D eigenvalue weighted by Gasteiger charge is -2.23. The Hall–Kier alpha value is -0.980. The van der Waals surface area contributed by atoms with Crippen molar-refractivity contribution in [3.8, 4) is 0 Å². The minimum absolute atomic E-state index is 0.0272. The van der Waals surface area contributed by atoms with Crippen LogP contribution < -0.4 is 9.62 Å². The number of halogens is 2. The Morgan fingerprint density at radius 3 is 2.62 bits per heavy atom. The molecule has 1 N–H and O–H groups in total. The van der Waals surface area contributed by atoms with Crippen molar-refractivity contribution in [3.63, 3.8) is 0 Å². The van der Waals surface area contributed by atoms with E-state index < -0.39 is 10.0 Å². The fourth-order valence-corrected chi connectivity index (χ4v) is 3.28. The first-order chi connectivity index (χ1) is 9.79. The third-order valence-corrected chi connectivity index (χ3v) is 4.87. The summed E-state index contributed by atoms with van der Waals surface area (Å²) >= 11 is 11.9. The molecule has 0 bridgehead atoms. The van der Waals surface area contributed by atoms with Crippen molar-refractivity contribution in [1.29, 1.82) is 0 Å². The molecule has 0 heterocycles.